The van der Waals surface area contributed by atoms with Gasteiger partial charge in [-0.05, 0) is 18.9 Å². The van der Waals surface area contributed by atoms with E-state index in [1.807, 2.05) is 6.92 Å². The minimum atomic E-state index is -1.00. The lowest BCUT2D eigenvalue weighted by Gasteiger charge is -2.43. The van der Waals surface area contributed by atoms with Crippen molar-refractivity contribution in [1.29, 1.82) is 0 Å². The van der Waals surface area contributed by atoms with E-state index in [9.17, 15) is 28.3 Å². The van der Waals surface area contributed by atoms with Gasteiger partial charge in [0.25, 0.3) is 11.8 Å². The van der Waals surface area contributed by atoms with E-state index in [-0.39, 0.29) is 30.5 Å². The molecule has 1 saturated heterocycles. The molecule has 1 fully saturated rings. The average Bonchev–Trinajstić information content (AvgIpc) is 2.74. The van der Waals surface area contributed by atoms with Gasteiger partial charge in [-0.1, -0.05) is 13.0 Å². The van der Waals surface area contributed by atoms with E-state index >= 15 is 0 Å². The second-order valence-corrected chi connectivity index (χ2v) is 7.55. The fraction of sp³-hybridized carbons (Fsp3) is 0.381. The number of ether oxygens (including phenoxy) is 1. The van der Waals surface area contributed by atoms with Crippen molar-refractivity contribution in [3.05, 3.63) is 63.1 Å². The van der Waals surface area contributed by atoms with Gasteiger partial charge in [0.15, 0.2) is 17.7 Å². The van der Waals surface area contributed by atoms with Crippen LogP contribution in [-0.4, -0.2) is 45.3 Å². The summed E-state index contributed by atoms with van der Waals surface area (Å²) in [5, 5.41) is 12.8. The Hall–Kier alpha value is -3.27. The van der Waals surface area contributed by atoms with Crippen LogP contribution in [0.25, 0.3) is 0 Å². The van der Waals surface area contributed by atoms with Crippen LogP contribution < -0.4 is 10.7 Å². The highest BCUT2D eigenvalue weighted by molar-refractivity contribution is 5.99. The molecule has 31 heavy (non-hydrogen) atoms. The van der Waals surface area contributed by atoms with Crippen LogP contribution in [0.1, 0.15) is 46.2 Å². The van der Waals surface area contributed by atoms with Gasteiger partial charge >= 0.3 is 0 Å². The summed E-state index contributed by atoms with van der Waals surface area (Å²) < 4.78 is 34.1. The zero-order valence-electron chi connectivity index (χ0n) is 16.7. The van der Waals surface area contributed by atoms with Crippen molar-refractivity contribution < 1.29 is 28.2 Å². The first-order valence-corrected chi connectivity index (χ1v) is 9.95. The summed E-state index contributed by atoms with van der Waals surface area (Å²) in [6.45, 7) is 2.29. The molecule has 0 radical (unpaired) electrons. The average molecular weight is 433 g/mol. The third-order valence-electron chi connectivity index (χ3n) is 5.62. The Balaban J connectivity index is 1.60. The molecule has 2 aromatic rings. The van der Waals surface area contributed by atoms with Gasteiger partial charge in [0.2, 0.25) is 5.43 Å². The van der Waals surface area contributed by atoms with Gasteiger partial charge < -0.3 is 24.6 Å². The standard InChI is InChI=1S/C21H21F2N3O5/c1-2-13-5-6-26-16(31-13)10-25-9-14(18(27)19(28)17(25)21(26)30)20(29)24-8-11-3-4-12(22)7-15(11)23/h3-4,7,9,13,16,28H,2,5-6,8,10H2,1H3,(H,24,29)/t13-,16-/m0/s1. The van der Waals surface area contributed by atoms with E-state index in [1.54, 1.807) is 0 Å². The summed E-state index contributed by atoms with van der Waals surface area (Å²) in [5.74, 6) is -3.80. The summed E-state index contributed by atoms with van der Waals surface area (Å²) >= 11 is 0. The number of aromatic hydroxyl groups is 1. The molecule has 0 bridgehead atoms. The van der Waals surface area contributed by atoms with Crippen LogP contribution in [-0.2, 0) is 17.8 Å². The van der Waals surface area contributed by atoms with Crippen LogP contribution in [0, 0.1) is 11.6 Å². The van der Waals surface area contributed by atoms with Crippen LogP contribution >= 0.6 is 0 Å². The molecule has 164 valence electrons. The highest BCUT2D eigenvalue weighted by Gasteiger charge is 2.40. The summed E-state index contributed by atoms with van der Waals surface area (Å²) in [7, 11) is 0. The molecule has 2 N–H and O–H groups in total. The summed E-state index contributed by atoms with van der Waals surface area (Å²) in [5.41, 5.74) is -1.56. The fourth-order valence-electron chi connectivity index (χ4n) is 3.89. The Labute approximate surface area is 176 Å². The number of carbonyl (C=O) groups is 2. The second-order valence-electron chi connectivity index (χ2n) is 7.55. The normalized spacial score (nSPS) is 20.2. The molecule has 2 amide bonds. The Morgan fingerprint density at radius 2 is 2.10 bits per heavy atom. The molecule has 0 aliphatic carbocycles. The van der Waals surface area contributed by atoms with Crippen LogP contribution in [0.15, 0.2) is 29.2 Å². The number of nitrogens with zero attached hydrogens (tertiary/aromatic N) is 2. The monoisotopic (exact) mass is 433 g/mol. The molecule has 2 aliphatic rings. The highest BCUT2D eigenvalue weighted by Crippen LogP contribution is 2.29. The van der Waals surface area contributed by atoms with Crippen molar-refractivity contribution in [3.63, 3.8) is 0 Å². The zero-order chi connectivity index (χ0) is 22.3. The van der Waals surface area contributed by atoms with E-state index in [2.05, 4.69) is 5.32 Å². The molecule has 0 spiro atoms. The Morgan fingerprint density at radius 3 is 2.81 bits per heavy atom. The van der Waals surface area contributed by atoms with Gasteiger partial charge in [-0.2, -0.15) is 0 Å². The maximum atomic E-state index is 13.8. The molecular weight excluding hydrogens is 412 g/mol. The maximum Gasteiger partial charge on any atom is 0.276 e. The van der Waals surface area contributed by atoms with Gasteiger partial charge in [-0.25, -0.2) is 8.78 Å². The lowest BCUT2D eigenvalue weighted by molar-refractivity contribution is -0.134. The Morgan fingerprint density at radius 1 is 1.32 bits per heavy atom. The fourth-order valence-corrected chi connectivity index (χ4v) is 3.89. The van der Waals surface area contributed by atoms with Crippen molar-refractivity contribution in [2.24, 2.45) is 0 Å². The lowest BCUT2D eigenvalue weighted by atomic mass is 10.1. The number of pyridine rings is 1. The molecule has 0 unspecified atom stereocenters. The minimum absolute atomic E-state index is 0.00282. The van der Waals surface area contributed by atoms with Crippen molar-refractivity contribution in [2.75, 3.05) is 6.54 Å². The SMILES string of the molecule is CC[C@H]1CCN2C(=O)c3c(O)c(=O)c(C(=O)NCc4ccc(F)cc4F)cn3C[C@@H]2O1. The molecular formula is C21H21F2N3O5. The number of nitrogens with one attached hydrogen (secondary N) is 1. The first-order chi connectivity index (χ1) is 14.8. The van der Waals surface area contributed by atoms with Gasteiger partial charge in [0.05, 0.1) is 12.6 Å². The quantitative estimate of drug-likeness (QED) is 0.765. The van der Waals surface area contributed by atoms with E-state index in [1.165, 1.54) is 21.7 Å². The van der Waals surface area contributed by atoms with E-state index in [4.69, 9.17) is 4.74 Å². The molecule has 1 aromatic heterocycles. The van der Waals surface area contributed by atoms with Crippen molar-refractivity contribution in [1.82, 2.24) is 14.8 Å². The first kappa shape index (κ1) is 21.0. The second kappa shape index (κ2) is 8.10. The number of carbonyl (C=O) groups excluding carboxylic acids is 2. The molecule has 2 aliphatic heterocycles. The largest absolute Gasteiger partial charge is 0.503 e. The van der Waals surface area contributed by atoms with Crippen molar-refractivity contribution in [3.8, 4) is 5.75 Å². The molecule has 8 nitrogen and oxygen atoms in total. The number of benzene rings is 1. The minimum Gasteiger partial charge on any atom is -0.503 e. The van der Waals surface area contributed by atoms with Gasteiger partial charge in [-0.15, -0.1) is 0 Å². The molecule has 4 rings (SSSR count). The predicted molar refractivity (Wildman–Crippen MR) is 105 cm³/mol. The van der Waals surface area contributed by atoms with Gasteiger partial charge in [-0.3, -0.25) is 14.4 Å². The summed E-state index contributed by atoms with van der Waals surface area (Å²) in [4.78, 5) is 39.4. The summed E-state index contributed by atoms with van der Waals surface area (Å²) in [6, 6.07) is 2.92. The Bertz CT molecular complexity index is 1120. The van der Waals surface area contributed by atoms with E-state index in [0.717, 1.165) is 12.5 Å². The third-order valence-corrected chi connectivity index (χ3v) is 5.62. The number of aromatic nitrogens is 1. The number of amides is 2. The van der Waals surface area contributed by atoms with Crippen LogP contribution in [0.4, 0.5) is 8.78 Å². The van der Waals surface area contributed by atoms with E-state index < -0.39 is 46.4 Å². The van der Waals surface area contributed by atoms with Gasteiger partial charge in [0.1, 0.15) is 17.2 Å². The molecule has 3 heterocycles. The molecule has 0 saturated carbocycles. The Kier molecular flexibility index (Phi) is 5.48. The van der Waals surface area contributed by atoms with Crippen LogP contribution in [0.5, 0.6) is 5.75 Å². The van der Waals surface area contributed by atoms with Crippen LogP contribution in [0.2, 0.25) is 0 Å². The molecule has 10 heteroatoms. The molecule has 2 atom stereocenters. The smallest absolute Gasteiger partial charge is 0.276 e. The maximum absolute atomic E-state index is 13.8. The predicted octanol–water partition coefficient (Wildman–Crippen LogP) is 1.74. The van der Waals surface area contributed by atoms with Crippen molar-refractivity contribution in [2.45, 2.75) is 45.2 Å². The number of hydrogen-bond donors (Lipinski definition) is 2. The highest BCUT2D eigenvalue weighted by atomic mass is 19.1. The third kappa shape index (κ3) is 3.78. The zero-order valence-corrected chi connectivity index (χ0v) is 16.7. The number of fused-ring (bicyclic) bond motifs is 2. The topological polar surface area (TPSA) is 101 Å². The summed E-state index contributed by atoms with van der Waals surface area (Å²) in [6.07, 6.45) is 2.07. The number of rotatable bonds is 4. The molecule has 1 aromatic carbocycles. The first-order valence-electron chi connectivity index (χ1n) is 9.95. The van der Waals surface area contributed by atoms with Gasteiger partial charge in [0, 0.05) is 30.9 Å². The lowest BCUT2D eigenvalue weighted by Crippen LogP contribution is -2.55. The van der Waals surface area contributed by atoms with Crippen LogP contribution in [0.3, 0.4) is 0 Å². The van der Waals surface area contributed by atoms with Crippen molar-refractivity contribution >= 4 is 11.8 Å². The number of halogens is 2. The van der Waals surface area contributed by atoms with E-state index in [0.29, 0.717) is 19.0 Å². The number of hydrogen-bond acceptors (Lipinski definition) is 5.